The Bertz CT molecular complexity index is 1100. The van der Waals surface area contributed by atoms with Gasteiger partial charge in [0.05, 0.1) is 27.7 Å². The number of carbonyl (C=O) groups is 1. The maximum absolute atomic E-state index is 12.4. The quantitative estimate of drug-likeness (QED) is 0.626. The van der Waals surface area contributed by atoms with E-state index in [1.165, 1.54) is 37.4 Å². The maximum Gasteiger partial charge on any atom is 0.339 e. The van der Waals surface area contributed by atoms with Crippen molar-refractivity contribution in [3.8, 4) is 5.75 Å². The van der Waals surface area contributed by atoms with Gasteiger partial charge < -0.3 is 9.50 Å². The number of amides is 1. The van der Waals surface area contributed by atoms with Crippen LogP contribution in [0.2, 0.25) is 10.0 Å². The molecule has 1 aromatic heterocycles. The lowest BCUT2D eigenvalue weighted by molar-refractivity contribution is -0.119. The number of hydrogen-bond acceptors (Lipinski definition) is 5. The fourth-order valence-electron chi connectivity index (χ4n) is 2.28. The Morgan fingerprint density at radius 2 is 1.96 bits per heavy atom. The summed E-state index contributed by atoms with van der Waals surface area (Å²) >= 11 is 11.7. The molecule has 0 aliphatic rings. The number of H-pyrrole nitrogens is 1. The molecule has 0 unspecified atom stereocenters. The van der Waals surface area contributed by atoms with Gasteiger partial charge in [-0.3, -0.25) is 9.89 Å². The number of aromatic amines is 1. The standard InChI is InChI=1S/C16H13Cl2N3O4S/c1-19-16(22)8-15-11-6-9(2-5-14(11)20-21-15)25-26(23,24)10-3-4-12(17)13(18)7-10/h2-7H,8H2,1H3,(H,19,22)(H,20,21). The number of nitrogens with zero attached hydrogens (tertiary/aromatic N) is 1. The Labute approximate surface area is 159 Å². The van der Waals surface area contributed by atoms with Gasteiger partial charge in [0.1, 0.15) is 10.6 Å². The predicted molar refractivity (Wildman–Crippen MR) is 98.1 cm³/mol. The van der Waals surface area contributed by atoms with E-state index in [1.807, 2.05) is 0 Å². The summed E-state index contributed by atoms with van der Waals surface area (Å²) in [7, 11) is -2.57. The molecule has 1 heterocycles. The molecule has 2 aromatic carbocycles. The number of halogens is 2. The van der Waals surface area contributed by atoms with Gasteiger partial charge in [0.2, 0.25) is 5.91 Å². The van der Waals surface area contributed by atoms with Crippen molar-refractivity contribution in [2.75, 3.05) is 7.05 Å². The highest BCUT2D eigenvalue weighted by atomic mass is 35.5. The van der Waals surface area contributed by atoms with Crippen molar-refractivity contribution in [2.24, 2.45) is 0 Å². The molecule has 3 rings (SSSR count). The molecule has 26 heavy (non-hydrogen) atoms. The van der Waals surface area contributed by atoms with E-state index in [1.54, 1.807) is 6.07 Å². The first-order chi connectivity index (χ1) is 12.3. The molecule has 0 aliphatic carbocycles. The van der Waals surface area contributed by atoms with Gasteiger partial charge in [-0.15, -0.1) is 0 Å². The lowest BCUT2D eigenvalue weighted by Gasteiger charge is -2.08. The molecule has 7 nitrogen and oxygen atoms in total. The Kier molecular flexibility index (Phi) is 5.08. The average molecular weight is 414 g/mol. The molecule has 0 fully saturated rings. The van der Waals surface area contributed by atoms with Crippen molar-refractivity contribution >= 4 is 50.1 Å². The third-order valence-corrected chi connectivity index (χ3v) is 5.59. The van der Waals surface area contributed by atoms with E-state index in [2.05, 4.69) is 15.5 Å². The fourth-order valence-corrected chi connectivity index (χ4v) is 3.60. The van der Waals surface area contributed by atoms with Crippen LogP contribution in [0.4, 0.5) is 0 Å². The Morgan fingerprint density at radius 1 is 1.19 bits per heavy atom. The first kappa shape index (κ1) is 18.5. The van der Waals surface area contributed by atoms with E-state index in [4.69, 9.17) is 27.4 Å². The lowest BCUT2D eigenvalue weighted by Crippen LogP contribution is -2.20. The highest BCUT2D eigenvalue weighted by molar-refractivity contribution is 7.87. The smallest absolute Gasteiger partial charge is 0.339 e. The summed E-state index contributed by atoms with van der Waals surface area (Å²) in [5.74, 6) is -0.117. The number of likely N-dealkylation sites (N-methyl/N-ethyl adjacent to an activating group) is 1. The number of benzene rings is 2. The molecule has 1 amide bonds. The molecule has 0 aliphatic heterocycles. The van der Waals surface area contributed by atoms with E-state index in [9.17, 15) is 13.2 Å². The van der Waals surface area contributed by atoms with Gasteiger partial charge in [-0.25, -0.2) is 0 Å². The van der Waals surface area contributed by atoms with Gasteiger partial charge in [0, 0.05) is 12.4 Å². The van der Waals surface area contributed by atoms with Gasteiger partial charge in [-0.1, -0.05) is 23.2 Å². The SMILES string of the molecule is CNC(=O)Cc1[nH]nc2ccc(OS(=O)(=O)c3ccc(Cl)c(Cl)c3)cc12. The predicted octanol–water partition coefficient (Wildman–Crippen LogP) is 2.93. The maximum atomic E-state index is 12.4. The van der Waals surface area contributed by atoms with Crippen molar-refractivity contribution in [1.82, 2.24) is 15.5 Å². The molecular formula is C16H13Cl2N3O4S. The number of fused-ring (bicyclic) bond motifs is 1. The summed E-state index contributed by atoms with van der Waals surface area (Å²) < 4.78 is 30.0. The third kappa shape index (κ3) is 3.77. The van der Waals surface area contributed by atoms with E-state index < -0.39 is 10.1 Å². The number of carbonyl (C=O) groups excluding carboxylic acids is 1. The van der Waals surface area contributed by atoms with Gasteiger partial charge in [-0.2, -0.15) is 13.5 Å². The molecule has 3 aromatic rings. The molecule has 0 saturated carbocycles. The second-order valence-electron chi connectivity index (χ2n) is 5.34. The molecule has 136 valence electrons. The molecule has 0 saturated heterocycles. The first-order valence-electron chi connectivity index (χ1n) is 7.37. The second kappa shape index (κ2) is 7.14. The van der Waals surface area contributed by atoms with Crippen LogP contribution in [0, 0.1) is 0 Å². The second-order valence-corrected chi connectivity index (χ2v) is 7.71. The minimum absolute atomic E-state index is 0.0794. The Balaban J connectivity index is 1.93. The van der Waals surface area contributed by atoms with Crippen molar-refractivity contribution in [2.45, 2.75) is 11.3 Å². The minimum Gasteiger partial charge on any atom is -0.379 e. The summed E-state index contributed by atoms with van der Waals surface area (Å²) in [6, 6.07) is 8.47. The molecule has 0 atom stereocenters. The van der Waals surface area contributed by atoms with Crippen LogP contribution in [0.5, 0.6) is 5.75 Å². The molecule has 10 heteroatoms. The van der Waals surface area contributed by atoms with Crippen LogP contribution in [-0.2, 0) is 21.3 Å². The van der Waals surface area contributed by atoms with Crippen LogP contribution in [0.3, 0.4) is 0 Å². The number of hydrogen-bond donors (Lipinski definition) is 2. The number of nitrogens with one attached hydrogen (secondary N) is 2. The summed E-state index contributed by atoms with van der Waals surface area (Å²) in [5.41, 5.74) is 1.14. The van der Waals surface area contributed by atoms with Crippen LogP contribution >= 0.6 is 23.2 Å². The lowest BCUT2D eigenvalue weighted by atomic mass is 10.1. The largest absolute Gasteiger partial charge is 0.379 e. The highest BCUT2D eigenvalue weighted by Gasteiger charge is 2.19. The first-order valence-corrected chi connectivity index (χ1v) is 9.53. The number of aromatic nitrogens is 2. The molecule has 0 spiro atoms. The van der Waals surface area contributed by atoms with Gasteiger partial charge in [0.25, 0.3) is 0 Å². The summed E-state index contributed by atoms with van der Waals surface area (Å²) in [6.07, 6.45) is 0.0794. The zero-order valence-corrected chi connectivity index (χ0v) is 15.7. The van der Waals surface area contributed by atoms with E-state index in [0.29, 0.717) is 16.6 Å². The molecular weight excluding hydrogens is 401 g/mol. The molecule has 2 N–H and O–H groups in total. The number of rotatable bonds is 5. The Morgan fingerprint density at radius 3 is 2.65 bits per heavy atom. The topological polar surface area (TPSA) is 101 Å². The average Bonchev–Trinajstić information content (AvgIpc) is 2.99. The van der Waals surface area contributed by atoms with Crippen LogP contribution in [0.25, 0.3) is 10.9 Å². The van der Waals surface area contributed by atoms with E-state index in [0.717, 1.165) is 0 Å². The van der Waals surface area contributed by atoms with Crippen molar-refractivity contribution in [1.29, 1.82) is 0 Å². The van der Waals surface area contributed by atoms with Crippen molar-refractivity contribution < 1.29 is 17.4 Å². The van der Waals surface area contributed by atoms with Crippen LogP contribution < -0.4 is 9.50 Å². The summed E-state index contributed by atoms with van der Waals surface area (Å²) in [5, 5.41) is 10.3. The molecule has 0 bridgehead atoms. The fraction of sp³-hybridized carbons (Fsp3) is 0.125. The zero-order valence-electron chi connectivity index (χ0n) is 13.4. The summed E-state index contributed by atoms with van der Waals surface area (Å²) in [6.45, 7) is 0. The van der Waals surface area contributed by atoms with Crippen LogP contribution in [0.15, 0.2) is 41.3 Å². The van der Waals surface area contributed by atoms with E-state index >= 15 is 0 Å². The Hall–Kier alpha value is -2.29. The highest BCUT2D eigenvalue weighted by Crippen LogP contribution is 2.28. The van der Waals surface area contributed by atoms with Crippen molar-refractivity contribution in [3.05, 3.63) is 52.1 Å². The van der Waals surface area contributed by atoms with Crippen molar-refractivity contribution in [3.63, 3.8) is 0 Å². The normalized spacial score (nSPS) is 11.5. The van der Waals surface area contributed by atoms with E-state index in [-0.39, 0.29) is 33.0 Å². The summed E-state index contributed by atoms with van der Waals surface area (Å²) in [4.78, 5) is 11.5. The van der Waals surface area contributed by atoms with Crippen LogP contribution in [0.1, 0.15) is 5.69 Å². The minimum atomic E-state index is -4.10. The van der Waals surface area contributed by atoms with Gasteiger partial charge in [0.15, 0.2) is 0 Å². The zero-order chi connectivity index (χ0) is 18.9. The third-order valence-electron chi connectivity index (χ3n) is 3.61. The molecule has 0 radical (unpaired) electrons. The monoisotopic (exact) mass is 413 g/mol. The van der Waals surface area contributed by atoms with Gasteiger partial charge in [-0.05, 0) is 36.4 Å². The van der Waals surface area contributed by atoms with Crippen LogP contribution in [-0.4, -0.2) is 31.6 Å². The van der Waals surface area contributed by atoms with Gasteiger partial charge >= 0.3 is 10.1 Å².